The number of hydrogen-bond acceptors (Lipinski definition) is 0. The molecule has 0 N–H and O–H groups in total. The van der Waals surface area contributed by atoms with Crippen molar-refractivity contribution in [1.82, 2.24) is 0 Å². The Balaban J connectivity index is 0.000000479. The number of benzene rings is 2. The molecule has 0 aliphatic heterocycles. The minimum absolute atomic E-state index is 0.116. The van der Waals surface area contributed by atoms with Crippen LogP contribution in [0.15, 0.2) is 66.7 Å². The Morgan fingerprint density at radius 3 is 1.61 bits per heavy atom. The van der Waals surface area contributed by atoms with Gasteiger partial charge >= 0.3 is 53.6 Å². The molecule has 3 rings (SSSR count). The van der Waals surface area contributed by atoms with Gasteiger partial charge < -0.3 is 0 Å². The zero-order valence-electron chi connectivity index (χ0n) is 15.8. The van der Waals surface area contributed by atoms with Gasteiger partial charge in [0.05, 0.1) is 0 Å². The Hall–Kier alpha value is -1.12. The van der Waals surface area contributed by atoms with Crippen LogP contribution in [0.3, 0.4) is 0 Å². The third-order valence-corrected chi connectivity index (χ3v) is 7.56. The van der Waals surface area contributed by atoms with Gasteiger partial charge in [0.15, 0.2) is 6.17 Å². The molecule has 0 saturated heterocycles. The van der Waals surface area contributed by atoms with Crippen LogP contribution < -0.4 is 10.6 Å². The summed E-state index contributed by atoms with van der Waals surface area (Å²) in [6.45, 7) is 0. The topological polar surface area (TPSA) is 0 Å². The van der Waals surface area contributed by atoms with Crippen LogP contribution in [0, 0.1) is 0 Å². The van der Waals surface area contributed by atoms with E-state index in [1.54, 1.807) is 6.07 Å². The number of hydrogen-bond donors (Lipinski definition) is 0. The third kappa shape index (κ3) is 6.95. The molecule has 0 bridgehead atoms. The predicted octanol–water partition coefficient (Wildman–Crippen LogP) is 7.49. The molecule has 0 spiro atoms. The van der Waals surface area contributed by atoms with Crippen molar-refractivity contribution in [3.63, 3.8) is 0 Å². The maximum absolute atomic E-state index is 15.7. The van der Waals surface area contributed by atoms with Gasteiger partial charge in [-0.1, -0.05) is 29.8 Å². The van der Waals surface area contributed by atoms with E-state index >= 15 is 4.39 Å². The third-order valence-electron chi connectivity index (χ3n) is 4.28. The van der Waals surface area contributed by atoms with Crippen LogP contribution in [0.2, 0.25) is 5.02 Å². The van der Waals surface area contributed by atoms with Crippen molar-refractivity contribution in [1.29, 1.82) is 0 Å². The van der Waals surface area contributed by atoms with E-state index in [1.165, 1.54) is 48.5 Å². The summed E-state index contributed by atoms with van der Waals surface area (Å²) in [5.74, 6) is -10.4. The van der Waals surface area contributed by atoms with E-state index in [1.807, 2.05) is 0 Å². The monoisotopic (exact) mass is 644 g/mol. The summed E-state index contributed by atoms with van der Waals surface area (Å²) in [6.07, 6.45) is -2.82. The fourth-order valence-electron chi connectivity index (χ4n) is 2.91. The average molecular weight is 645 g/mol. The van der Waals surface area contributed by atoms with Crippen molar-refractivity contribution in [2.75, 3.05) is 0 Å². The molecule has 0 nitrogen and oxygen atoms in total. The molecule has 2 aromatic rings. The molecule has 0 radical (unpaired) electrons. The Kier molecular flexibility index (Phi) is 7.01. The van der Waals surface area contributed by atoms with Gasteiger partial charge in [-0.25, -0.2) is 4.39 Å². The van der Waals surface area contributed by atoms with Gasteiger partial charge in [0.1, 0.15) is 18.5 Å². The number of allylic oxidation sites excluding steroid dienone is 2. The Morgan fingerprint density at radius 1 is 0.727 bits per heavy atom. The van der Waals surface area contributed by atoms with Crippen molar-refractivity contribution in [3.05, 3.63) is 71.8 Å². The maximum atomic E-state index is 15.7. The predicted molar refractivity (Wildman–Crippen MR) is 106 cm³/mol. The molecule has 15 heteroatoms. The van der Waals surface area contributed by atoms with E-state index in [0.717, 1.165) is 0 Å². The van der Waals surface area contributed by atoms with Crippen LogP contribution in [0.25, 0.3) is 0 Å². The van der Waals surface area contributed by atoms with E-state index in [4.69, 9.17) is 11.6 Å². The molecule has 2 aromatic carbocycles. The van der Waals surface area contributed by atoms with Crippen molar-refractivity contribution in [2.45, 2.75) is 23.4 Å². The summed E-state index contributed by atoms with van der Waals surface area (Å²) in [5, 5.41) is -3.18. The van der Waals surface area contributed by atoms with E-state index in [-0.39, 0.29) is 27.8 Å². The Bertz CT molecular complexity index is 998. The van der Waals surface area contributed by atoms with Crippen LogP contribution in [0.1, 0.15) is 0 Å². The fourth-order valence-corrected chi connectivity index (χ4v) is 5.98. The first-order valence-electron chi connectivity index (χ1n) is 8.59. The summed E-state index contributed by atoms with van der Waals surface area (Å²) < 4.78 is 146. The summed E-state index contributed by atoms with van der Waals surface area (Å²) in [6, 6.07) is 12.8. The van der Waals surface area contributed by atoms with Gasteiger partial charge in [-0.05, 0) is 48.6 Å². The van der Waals surface area contributed by atoms with Crippen molar-refractivity contribution < 1.29 is 43.2 Å². The second kappa shape index (κ2) is 8.23. The van der Waals surface area contributed by atoms with E-state index < -0.39 is 50.8 Å². The molecule has 0 aromatic heterocycles. The van der Waals surface area contributed by atoms with Crippen molar-refractivity contribution >= 4 is 49.6 Å². The molecule has 1 aliphatic rings. The van der Waals surface area contributed by atoms with Gasteiger partial charge in [0.2, 0.25) is 0 Å². The number of rotatable bonds is 3. The van der Waals surface area contributed by atoms with Gasteiger partial charge in [-0.2, -0.15) is 22.0 Å². The van der Waals surface area contributed by atoms with E-state index in [2.05, 4.69) is 0 Å². The molecule has 0 heterocycles. The van der Waals surface area contributed by atoms with Gasteiger partial charge in [0, 0.05) is 5.02 Å². The van der Waals surface area contributed by atoms with Gasteiger partial charge in [0.25, 0.3) is 0 Å². The molecule has 186 valence electrons. The first-order chi connectivity index (χ1) is 14.6. The molecule has 1 aliphatic carbocycles. The zero-order valence-corrected chi connectivity index (χ0v) is 20.1. The zero-order chi connectivity index (χ0) is 25.6. The first-order valence-corrected chi connectivity index (χ1v) is 16.3. The molecule has 0 amide bonds. The number of halogens is 13. The average Bonchev–Trinajstić information content (AvgIpc) is 2.65. The van der Waals surface area contributed by atoms with E-state index in [9.17, 15) is 38.8 Å². The Morgan fingerprint density at radius 2 is 1.15 bits per heavy atom. The molecular weight excluding hydrogens is 632 g/mol. The first kappa shape index (κ1) is 28.1. The minimum atomic E-state index is -11.2. The molecule has 0 fully saturated rings. The molecular formula is C18H13ClF12PSb. The summed E-state index contributed by atoms with van der Waals surface area (Å²) in [5.41, 5.74) is 0. The number of alkyl halides is 6. The van der Waals surface area contributed by atoms with Crippen molar-refractivity contribution in [2.24, 2.45) is 0 Å². The standard InChI is InChI=1S/C18H12ClF6P.6FH.Sb/c19-12-6-8-14(9-7-12)26(13-4-2-1-3-5-13)16(21)11-10-15(20)17(22,23)18(16,24)25;;;;;;;/h1-11,15H;6*1H;/q;;;;;;;+5/p-5. The molecule has 33 heavy (non-hydrogen) atoms. The van der Waals surface area contributed by atoms with E-state index in [0.29, 0.717) is 0 Å². The van der Waals surface area contributed by atoms with Gasteiger partial charge in [-0.15, -0.1) is 0 Å². The summed E-state index contributed by atoms with van der Waals surface area (Å²) in [4.78, 5) is 0. The Labute approximate surface area is 187 Å². The molecule has 0 saturated carbocycles. The SMILES string of the molecule is FC1C=CC(F)([PH+](c2ccccc2)c2ccc(Cl)cc2)C(F)(F)C1(F)F.[F][Sb-]([F])([F])([F])([F])[F]. The van der Waals surface area contributed by atoms with Crippen LogP contribution >= 0.6 is 19.5 Å². The second-order valence-electron chi connectivity index (χ2n) is 6.88. The van der Waals surface area contributed by atoms with Crippen LogP contribution in [0.4, 0.5) is 43.2 Å². The van der Waals surface area contributed by atoms with Crippen LogP contribution in [-0.4, -0.2) is 42.9 Å². The van der Waals surface area contributed by atoms with Crippen molar-refractivity contribution in [3.8, 4) is 0 Å². The van der Waals surface area contributed by atoms with Crippen LogP contribution in [-0.2, 0) is 0 Å². The quantitative estimate of drug-likeness (QED) is 0.141. The normalized spacial score (nSPS) is 26.9. The van der Waals surface area contributed by atoms with Crippen LogP contribution in [0.5, 0.6) is 0 Å². The second-order valence-corrected chi connectivity index (χ2v) is 15.4. The summed E-state index contributed by atoms with van der Waals surface area (Å²) >= 11 is -5.46. The fraction of sp³-hybridized carbons (Fsp3) is 0.222. The molecule has 3 atom stereocenters. The summed E-state index contributed by atoms with van der Waals surface area (Å²) in [7, 11) is -3.12. The molecule has 3 unspecified atom stereocenters. The van der Waals surface area contributed by atoms with Gasteiger partial charge in [-0.3, -0.25) is 0 Å².